The molecule has 0 aliphatic heterocycles. The Kier molecular flexibility index (Phi) is 6.02. The van der Waals surface area contributed by atoms with Gasteiger partial charge >= 0.3 is 0 Å². The molecule has 0 heterocycles. The summed E-state index contributed by atoms with van der Waals surface area (Å²) in [5, 5.41) is 0.623. The van der Waals surface area contributed by atoms with Crippen LogP contribution in [0.4, 0.5) is 0 Å². The summed E-state index contributed by atoms with van der Waals surface area (Å²) in [5.41, 5.74) is 4.95. The van der Waals surface area contributed by atoms with Gasteiger partial charge in [0.15, 0.2) is 0 Å². The number of hydrogen-bond acceptors (Lipinski definition) is 3. The molecule has 2 N–H and O–H groups in total. The Morgan fingerprint density at radius 2 is 2.20 bits per heavy atom. The van der Waals surface area contributed by atoms with Crippen molar-refractivity contribution in [3.05, 3.63) is 0 Å². The Balaban J connectivity index is 2.98. The average molecular weight is 179 g/mol. The summed E-state index contributed by atoms with van der Waals surface area (Å²) in [4.78, 5) is 10.2. The second kappa shape index (κ2) is 5.92. The van der Waals surface area contributed by atoms with Crippen molar-refractivity contribution in [2.24, 2.45) is 5.73 Å². The van der Waals surface area contributed by atoms with E-state index in [1.807, 2.05) is 0 Å². The summed E-state index contributed by atoms with van der Waals surface area (Å²) >= 11 is 0. The standard InChI is InChI=1S/C6H13NOS2/c1-5(2)10-9-4-3-6(7)8/h5H,3-4H2,1-2H3,(H2,7,8). The number of amides is 1. The van der Waals surface area contributed by atoms with Crippen LogP contribution in [0.5, 0.6) is 0 Å². The molecule has 10 heavy (non-hydrogen) atoms. The van der Waals surface area contributed by atoms with Crippen molar-refractivity contribution < 1.29 is 4.79 Å². The average Bonchev–Trinajstić information content (AvgIpc) is 1.79. The summed E-state index contributed by atoms with van der Waals surface area (Å²) in [6.45, 7) is 4.25. The van der Waals surface area contributed by atoms with Crippen LogP contribution in [0, 0.1) is 0 Å². The van der Waals surface area contributed by atoms with E-state index in [9.17, 15) is 4.79 Å². The number of carbonyl (C=O) groups excluding carboxylic acids is 1. The van der Waals surface area contributed by atoms with Crippen molar-refractivity contribution in [1.29, 1.82) is 0 Å². The van der Waals surface area contributed by atoms with Crippen molar-refractivity contribution in [2.75, 3.05) is 5.75 Å². The first kappa shape index (κ1) is 10.2. The van der Waals surface area contributed by atoms with Crippen LogP contribution in [0.3, 0.4) is 0 Å². The van der Waals surface area contributed by atoms with Gasteiger partial charge in [-0.3, -0.25) is 4.79 Å². The summed E-state index contributed by atoms with van der Waals surface area (Å²) in [7, 11) is 3.49. The van der Waals surface area contributed by atoms with Gasteiger partial charge in [-0.2, -0.15) is 0 Å². The topological polar surface area (TPSA) is 43.1 Å². The molecule has 2 nitrogen and oxygen atoms in total. The van der Waals surface area contributed by atoms with Gasteiger partial charge in [0.05, 0.1) is 0 Å². The SMILES string of the molecule is CC(C)SSCCC(N)=O. The zero-order chi connectivity index (χ0) is 7.98. The molecule has 0 spiro atoms. The van der Waals surface area contributed by atoms with E-state index in [4.69, 9.17) is 5.73 Å². The first-order valence-corrected chi connectivity index (χ1v) is 5.57. The highest BCUT2D eigenvalue weighted by Crippen LogP contribution is 2.26. The lowest BCUT2D eigenvalue weighted by Crippen LogP contribution is -2.10. The molecular formula is C6H13NOS2. The third-order valence-corrected chi connectivity index (χ3v) is 3.65. The third kappa shape index (κ3) is 8.17. The predicted molar refractivity (Wildman–Crippen MR) is 49.0 cm³/mol. The Morgan fingerprint density at radius 3 is 2.60 bits per heavy atom. The van der Waals surface area contributed by atoms with Gasteiger partial charge in [0.2, 0.25) is 5.91 Å². The molecule has 1 amide bonds. The number of hydrogen-bond donors (Lipinski definition) is 1. The molecule has 0 aliphatic carbocycles. The minimum absolute atomic E-state index is 0.211. The lowest BCUT2D eigenvalue weighted by atomic mass is 10.5. The van der Waals surface area contributed by atoms with E-state index in [0.29, 0.717) is 11.7 Å². The van der Waals surface area contributed by atoms with Gasteiger partial charge in [0.25, 0.3) is 0 Å². The molecule has 4 heteroatoms. The molecule has 0 unspecified atom stereocenters. The van der Waals surface area contributed by atoms with E-state index >= 15 is 0 Å². The minimum Gasteiger partial charge on any atom is -0.370 e. The van der Waals surface area contributed by atoms with Gasteiger partial charge in [-0.05, 0) is 0 Å². The quantitative estimate of drug-likeness (QED) is 0.515. The van der Waals surface area contributed by atoms with Gasteiger partial charge in [-0.25, -0.2) is 0 Å². The van der Waals surface area contributed by atoms with Crippen LogP contribution in [-0.2, 0) is 4.79 Å². The van der Waals surface area contributed by atoms with E-state index in [1.54, 1.807) is 21.6 Å². The fraction of sp³-hybridized carbons (Fsp3) is 0.833. The van der Waals surface area contributed by atoms with E-state index in [2.05, 4.69) is 13.8 Å². The summed E-state index contributed by atoms with van der Waals surface area (Å²) in [6, 6.07) is 0. The van der Waals surface area contributed by atoms with Crippen LogP contribution < -0.4 is 5.73 Å². The highest BCUT2D eigenvalue weighted by molar-refractivity contribution is 8.76. The summed E-state index contributed by atoms with van der Waals surface area (Å²) in [6.07, 6.45) is 0.490. The normalized spacial score (nSPS) is 10.3. The molecule has 0 aromatic carbocycles. The van der Waals surface area contributed by atoms with Gasteiger partial charge in [-0.1, -0.05) is 35.4 Å². The van der Waals surface area contributed by atoms with Gasteiger partial charge in [0, 0.05) is 17.4 Å². The monoisotopic (exact) mass is 179 g/mol. The molecular weight excluding hydrogens is 166 g/mol. The Hall–Kier alpha value is 0.170. The fourth-order valence-corrected chi connectivity index (χ4v) is 2.33. The van der Waals surface area contributed by atoms with Gasteiger partial charge in [0.1, 0.15) is 0 Å². The van der Waals surface area contributed by atoms with Crippen LogP contribution in [0.1, 0.15) is 20.3 Å². The first-order valence-electron chi connectivity index (χ1n) is 3.19. The maximum Gasteiger partial charge on any atom is 0.218 e. The molecule has 0 rings (SSSR count). The van der Waals surface area contributed by atoms with Gasteiger partial charge < -0.3 is 5.73 Å². The maximum absolute atomic E-state index is 10.2. The van der Waals surface area contributed by atoms with Crippen molar-refractivity contribution in [2.45, 2.75) is 25.5 Å². The Morgan fingerprint density at radius 1 is 1.60 bits per heavy atom. The largest absolute Gasteiger partial charge is 0.370 e. The van der Waals surface area contributed by atoms with E-state index in [0.717, 1.165) is 5.75 Å². The molecule has 0 saturated heterocycles. The Bertz CT molecular complexity index is 106. The second-order valence-corrected chi connectivity index (χ2v) is 5.25. The van der Waals surface area contributed by atoms with E-state index < -0.39 is 0 Å². The smallest absolute Gasteiger partial charge is 0.218 e. The van der Waals surface area contributed by atoms with Crippen molar-refractivity contribution >= 4 is 27.5 Å². The number of nitrogens with two attached hydrogens (primary N) is 1. The highest BCUT2D eigenvalue weighted by Gasteiger charge is 1.96. The summed E-state index contributed by atoms with van der Waals surface area (Å²) in [5.74, 6) is 0.620. The molecule has 0 atom stereocenters. The number of primary amides is 1. The molecule has 0 aromatic rings. The van der Waals surface area contributed by atoms with Crippen molar-refractivity contribution in [3.63, 3.8) is 0 Å². The zero-order valence-corrected chi connectivity index (χ0v) is 7.93. The molecule has 0 fully saturated rings. The van der Waals surface area contributed by atoms with Crippen LogP contribution in [0.25, 0.3) is 0 Å². The predicted octanol–water partition coefficient (Wildman–Crippen LogP) is 1.65. The van der Waals surface area contributed by atoms with Crippen molar-refractivity contribution in [1.82, 2.24) is 0 Å². The van der Waals surface area contributed by atoms with Crippen molar-refractivity contribution in [3.8, 4) is 0 Å². The minimum atomic E-state index is -0.211. The van der Waals surface area contributed by atoms with Crippen LogP contribution in [0.15, 0.2) is 0 Å². The van der Waals surface area contributed by atoms with Crippen LogP contribution in [0.2, 0.25) is 0 Å². The van der Waals surface area contributed by atoms with E-state index in [1.165, 1.54) is 0 Å². The third-order valence-electron chi connectivity index (χ3n) is 0.692. The Labute approximate surface area is 69.7 Å². The molecule has 0 radical (unpaired) electrons. The summed E-state index contributed by atoms with van der Waals surface area (Å²) < 4.78 is 0. The number of rotatable bonds is 5. The lowest BCUT2D eigenvalue weighted by Gasteiger charge is -2.00. The molecule has 0 aliphatic rings. The van der Waals surface area contributed by atoms with Gasteiger partial charge in [-0.15, -0.1) is 0 Å². The highest BCUT2D eigenvalue weighted by atomic mass is 33.1. The zero-order valence-electron chi connectivity index (χ0n) is 6.29. The second-order valence-electron chi connectivity index (χ2n) is 2.18. The molecule has 0 aromatic heterocycles. The maximum atomic E-state index is 10.2. The van der Waals surface area contributed by atoms with Crippen LogP contribution in [-0.4, -0.2) is 16.9 Å². The molecule has 0 bridgehead atoms. The van der Waals surface area contributed by atoms with Crippen LogP contribution >= 0.6 is 21.6 Å². The van der Waals surface area contributed by atoms with E-state index in [-0.39, 0.29) is 5.91 Å². The molecule has 0 saturated carbocycles. The lowest BCUT2D eigenvalue weighted by molar-refractivity contribution is -0.117. The number of carbonyl (C=O) groups is 1. The molecule has 60 valence electrons. The first-order chi connectivity index (χ1) is 4.63. The fourth-order valence-electron chi connectivity index (χ4n) is 0.326.